The smallest absolute Gasteiger partial charge is 0.251 e. The minimum atomic E-state index is -0.154. The molecule has 0 saturated heterocycles. The van der Waals surface area contributed by atoms with Crippen molar-refractivity contribution in [3.05, 3.63) is 82.7 Å². The van der Waals surface area contributed by atoms with Crippen LogP contribution in [0.25, 0.3) is 0 Å². The molecule has 3 aromatic rings. The SMILES string of the molecule is O=C(NCc1cccnc1)c1ccnc(Nc2cccc(Br)c2)c1. The van der Waals surface area contributed by atoms with Gasteiger partial charge in [-0.25, -0.2) is 4.98 Å². The first-order chi connectivity index (χ1) is 11.7. The molecule has 0 spiro atoms. The van der Waals surface area contributed by atoms with Gasteiger partial charge >= 0.3 is 0 Å². The van der Waals surface area contributed by atoms with Gasteiger partial charge in [0.2, 0.25) is 0 Å². The van der Waals surface area contributed by atoms with Crippen LogP contribution >= 0.6 is 15.9 Å². The molecule has 0 atom stereocenters. The van der Waals surface area contributed by atoms with Crippen molar-refractivity contribution in [1.82, 2.24) is 15.3 Å². The molecule has 2 heterocycles. The second-order valence-electron chi connectivity index (χ2n) is 5.11. The maximum Gasteiger partial charge on any atom is 0.251 e. The van der Waals surface area contributed by atoms with Crippen molar-refractivity contribution in [3.63, 3.8) is 0 Å². The van der Waals surface area contributed by atoms with E-state index in [9.17, 15) is 4.79 Å². The third-order valence-corrected chi connectivity index (χ3v) is 3.79. The molecule has 0 aliphatic rings. The molecule has 6 heteroatoms. The highest BCUT2D eigenvalue weighted by Gasteiger charge is 2.07. The summed E-state index contributed by atoms with van der Waals surface area (Å²) in [6, 6.07) is 14.9. The van der Waals surface area contributed by atoms with E-state index in [1.54, 1.807) is 30.7 Å². The number of halogens is 1. The van der Waals surface area contributed by atoms with E-state index >= 15 is 0 Å². The minimum absolute atomic E-state index is 0.154. The number of amides is 1. The van der Waals surface area contributed by atoms with Gasteiger partial charge in [-0.05, 0) is 42.0 Å². The maximum absolute atomic E-state index is 12.3. The van der Waals surface area contributed by atoms with Crippen LogP contribution in [0.4, 0.5) is 11.5 Å². The van der Waals surface area contributed by atoms with Crippen LogP contribution in [0.2, 0.25) is 0 Å². The summed E-state index contributed by atoms with van der Waals surface area (Å²) in [4.78, 5) is 20.6. The van der Waals surface area contributed by atoms with Crippen molar-refractivity contribution in [3.8, 4) is 0 Å². The summed E-state index contributed by atoms with van der Waals surface area (Å²) in [5, 5.41) is 6.06. The average Bonchev–Trinajstić information content (AvgIpc) is 2.61. The fourth-order valence-corrected chi connectivity index (χ4v) is 2.54. The number of hydrogen-bond acceptors (Lipinski definition) is 4. The molecule has 2 aromatic heterocycles. The van der Waals surface area contributed by atoms with Crippen molar-refractivity contribution < 1.29 is 4.79 Å². The van der Waals surface area contributed by atoms with Crippen LogP contribution < -0.4 is 10.6 Å². The lowest BCUT2D eigenvalue weighted by Crippen LogP contribution is -2.23. The highest BCUT2D eigenvalue weighted by molar-refractivity contribution is 9.10. The Morgan fingerprint density at radius 2 is 2.00 bits per heavy atom. The van der Waals surface area contributed by atoms with Crippen LogP contribution in [0.1, 0.15) is 15.9 Å². The Morgan fingerprint density at radius 1 is 1.08 bits per heavy atom. The zero-order chi connectivity index (χ0) is 16.8. The lowest BCUT2D eigenvalue weighted by molar-refractivity contribution is 0.0951. The zero-order valence-electron chi connectivity index (χ0n) is 12.7. The third-order valence-electron chi connectivity index (χ3n) is 3.30. The molecule has 0 unspecified atom stereocenters. The Hall–Kier alpha value is -2.73. The normalized spacial score (nSPS) is 10.2. The first-order valence-corrected chi connectivity index (χ1v) is 8.16. The van der Waals surface area contributed by atoms with Gasteiger partial charge in [0.05, 0.1) is 0 Å². The van der Waals surface area contributed by atoms with Crippen molar-refractivity contribution in [1.29, 1.82) is 0 Å². The number of carbonyl (C=O) groups excluding carboxylic acids is 1. The van der Waals surface area contributed by atoms with E-state index in [4.69, 9.17) is 0 Å². The number of hydrogen-bond donors (Lipinski definition) is 2. The lowest BCUT2D eigenvalue weighted by atomic mass is 10.2. The van der Waals surface area contributed by atoms with Crippen molar-refractivity contribution in [2.45, 2.75) is 6.54 Å². The Kier molecular flexibility index (Phi) is 5.18. The molecular formula is C18H15BrN4O. The van der Waals surface area contributed by atoms with E-state index < -0.39 is 0 Å². The molecule has 0 fully saturated rings. The molecule has 1 amide bonds. The highest BCUT2D eigenvalue weighted by atomic mass is 79.9. The average molecular weight is 383 g/mol. The van der Waals surface area contributed by atoms with Crippen LogP contribution in [-0.2, 0) is 6.54 Å². The van der Waals surface area contributed by atoms with Gasteiger partial charge in [-0.2, -0.15) is 0 Å². The fraction of sp³-hybridized carbons (Fsp3) is 0.0556. The largest absolute Gasteiger partial charge is 0.348 e. The van der Waals surface area contributed by atoms with Gasteiger partial charge in [0, 0.05) is 40.9 Å². The van der Waals surface area contributed by atoms with E-state index in [2.05, 4.69) is 36.5 Å². The molecule has 3 rings (SSSR count). The minimum Gasteiger partial charge on any atom is -0.348 e. The third kappa shape index (κ3) is 4.39. The van der Waals surface area contributed by atoms with Gasteiger partial charge in [0.15, 0.2) is 0 Å². The van der Waals surface area contributed by atoms with E-state index in [0.29, 0.717) is 17.9 Å². The Morgan fingerprint density at radius 3 is 2.79 bits per heavy atom. The van der Waals surface area contributed by atoms with Gasteiger partial charge in [0.1, 0.15) is 5.82 Å². The van der Waals surface area contributed by atoms with E-state index in [0.717, 1.165) is 15.7 Å². The molecule has 0 aliphatic heterocycles. The molecular weight excluding hydrogens is 368 g/mol. The van der Waals surface area contributed by atoms with Gasteiger partial charge in [0.25, 0.3) is 5.91 Å². The Balaban J connectivity index is 1.67. The first-order valence-electron chi connectivity index (χ1n) is 7.36. The molecule has 0 bridgehead atoms. The quantitative estimate of drug-likeness (QED) is 0.701. The molecule has 1 aromatic carbocycles. The predicted octanol–water partition coefficient (Wildman–Crippen LogP) is 3.91. The summed E-state index contributed by atoms with van der Waals surface area (Å²) in [7, 11) is 0. The van der Waals surface area contributed by atoms with Gasteiger partial charge in [-0.15, -0.1) is 0 Å². The standard InChI is InChI=1S/C18H15BrN4O/c19-15-4-1-5-16(10-15)23-17-9-14(6-8-21-17)18(24)22-12-13-3-2-7-20-11-13/h1-11H,12H2,(H,21,23)(H,22,24). The van der Waals surface area contributed by atoms with E-state index in [-0.39, 0.29) is 5.91 Å². The Bertz CT molecular complexity index is 839. The number of nitrogens with zero attached hydrogens (tertiary/aromatic N) is 2. The molecule has 5 nitrogen and oxygen atoms in total. The van der Waals surface area contributed by atoms with Crippen LogP contribution in [0.3, 0.4) is 0 Å². The van der Waals surface area contributed by atoms with E-state index in [1.165, 1.54) is 0 Å². The maximum atomic E-state index is 12.3. The molecule has 120 valence electrons. The molecule has 2 N–H and O–H groups in total. The number of benzene rings is 1. The number of anilines is 2. The number of rotatable bonds is 5. The highest BCUT2D eigenvalue weighted by Crippen LogP contribution is 2.19. The van der Waals surface area contributed by atoms with Crippen LogP contribution in [0, 0.1) is 0 Å². The van der Waals surface area contributed by atoms with Crippen molar-refractivity contribution in [2.75, 3.05) is 5.32 Å². The van der Waals surface area contributed by atoms with Gasteiger partial charge in [-0.1, -0.05) is 28.1 Å². The first kappa shape index (κ1) is 16.1. The number of aromatic nitrogens is 2. The number of carbonyl (C=O) groups is 1. The molecule has 0 aliphatic carbocycles. The Labute approximate surface area is 148 Å². The fourth-order valence-electron chi connectivity index (χ4n) is 2.14. The predicted molar refractivity (Wildman–Crippen MR) is 97.1 cm³/mol. The number of pyridine rings is 2. The second kappa shape index (κ2) is 7.70. The van der Waals surface area contributed by atoms with Crippen LogP contribution in [-0.4, -0.2) is 15.9 Å². The topological polar surface area (TPSA) is 66.9 Å². The summed E-state index contributed by atoms with van der Waals surface area (Å²) in [6.45, 7) is 0.434. The van der Waals surface area contributed by atoms with E-state index in [1.807, 2.05) is 36.4 Å². The second-order valence-corrected chi connectivity index (χ2v) is 6.02. The summed E-state index contributed by atoms with van der Waals surface area (Å²) in [5.41, 5.74) is 2.39. The zero-order valence-corrected chi connectivity index (χ0v) is 14.3. The van der Waals surface area contributed by atoms with Crippen LogP contribution in [0.15, 0.2) is 71.6 Å². The van der Waals surface area contributed by atoms with Crippen LogP contribution in [0.5, 0.6) is 0 Å². The monoisotopic (exact) mass is 382 g/mol. The van der Waals surface area contributed by atoms with Crippen molar-refractivity contribution in [2.24, 2.45) is 0 Å². The summed E-state index contributed by atoms with van der Waals surface area (Å²) >= 11 is 3.43. The summed E-state index contributed by atoms with van der Waals surface area (Å²) in [5.74, 6) is 0.459. The molecule has 0 radical (unpaired) electrons. The number of nitrogens with one attached hydrogen (secondary N) is 2. The summed E-state index contributed by atoms with van der Waals surface area (Å²) in [6.07, 6.45) is 5.04. The van der Waals surface area contributed by atoms with Crippen molar-refractivity contribution >= 4 is 33.3 Å². The molecule has 24 heavy (non-hydrogen) atoms. The lowest BCUT2D eigenvalue weighted by Gasteiger charge is -2.08. The molecule has 0 saturated carbocycles. The summed E-state index contributed by atoms with van der Waals surface area (Å²) < 4.78 is 0.970. The van der Waals surface area contributed by atoms with Gasteiger partial charge < -0.3 is 10.6 Å². The van der Waals surface area contributed by atoms with Gasteiger partial charge in [-0.3, -0.25) is 9.78 Å².